The van der Waals surface area contributed by atoms with Gasteiger partial charge in [-0.1, -0.05) is 29.1 Å². The molecule has 0 saturated heterocycles. The number of benzene rings is 2. The highest BCUT2D eigenvalue weighted by atomic mass is 32.2. The number of oxime groups is 1. The van der Waals surface area contributed by atoms with Crippen molar-refractivity contribution in [3.8, 4) is 17.6 Å². The van der Waals surface area contributed by atoms with Crippen LogP contribution in [0.2, 0.25) is 0 Å². The number of carbonyl (C=O) groups is 2. The van der Waals surface area contributed by atoms with Crippen molar-refractivity contribution in [1.29, 1.82) is 5.26 Å². The van der Waals surface area contributed by atoms with Crippen molar-refractivity contribution in [2.45, 2.75) is 11.8 Å². The summed E-state index contributed by atoms with van der Waals surface area (Å²) in [4.78, 5) is 32.3. The zero-order valence-electron chi connectivity index (χ0n) is 17.9. The Morgan fingerprint density at radius 1 is 1.18 bits per heavy atom. The molecule has 9 nitrogen and oxygen atoms in total. The predicted octanol–water partition coefficient (Wildman–Crippen LogP) is 3.25. The Morgan fingerprint density at radius 2 is 1.97 bits per heavy atom. The number of nitrogens with zero attached hydrogens (tertiary/aromatic N) is 3. The van der Waals surface area contributed by atoms with Crippen LogP contribution in [-0.2, 0) is 19.2 Å². The Labute approximate surface area is 194 Å². The number of nitriles is 1. The van der Waals surface area contributed by atoms with E-state index in [1.165, 1.54) is 11.8 Å². The zero-order valence-corrected chi connectivity index (χ0v) is 18.7. The number of ketones is 1. The van der Waals surface area contributed by atoms with Crippen LogP contribution in [-0.4, -0.2) is 44.5 Å². The lowest BCUT2D eigenvalue weighted by Gasteiger charge is -2.14. The lowest BCUT2D eigenvalue weighted by Crippen LogP contribution is -2.21. The highest BCUT2D eigenvalue weighted by Gasteiger charge is 2.28. The lowest BCUT2D eigenvalue weighted by molar-refractivity contribution is -0.151. The molecule has 33 heavy (non-hydrogen) atoms. The Balaban J connectivity index is 1.30. The van der Waals surface area contributed by atoms with Gasteiger partial charge in [0.25, 0.3) is 0 Å². The summed E-state index contributed by atoms with van der Waals surface area (Å²) in [6, 6.07) is 14.8. The van der Waals surface area contributed by atoms with Crippen LogP contribution in [0.15, 0.2) is 63.1 Å². The number of hydrogen-bond acceptors (Lipinski definition) is 10. The summed E-state index contributed by atoms with van der Waals surface area (Å²) in [5.74, 6) is -0.105. The van der Waals surface area contributed by atoms with Gasteiger partial charge in [0, 0.05) is 17.5 Å². The van der Waals surface area contributed by atoms with Gasteiger partial charge < -0.3 is 23.9 Å². The SMILES string of the molecule is C/C(=N\OCC(=O)OCC(=O)/C(C#N)=C1\Sc2ccccc2N1C)c1ccc2c(c1)OCO2. The molecule has 2 aromatic carbocycles. The van der Waals surface area contributed by atoms with Gasteiger partial charge in [-0.05, 0) is 37.3 Å². The number of hydrogen-bond donors (Lipinski definition) is 0. The first kappa shape index (κ1) is 22.2. The van der Waals surface area contributed by atoms with Crippen molar-refractivity contribution in [1.82, 2.24) is 0 Å². The number of thioether (sulfide) groups is 1. The first-order valence-corrected chi connectivity index (χ1v) is 10.7. The molecule has 0 radical (unpaired) electrons. The number of ether oxygens (including phenoxy) is 3. The number of para-hydroxylation sites is 1. The van der Waals surface area contributed by atoms with Gasteiger partial charge in [0.2, 0.25) is 19.2 Å². The summed E-state index contributed by atoms with van der Waals surface area (Å²) in [6.45, 7) is 0.839. The summed E-state index contributed by atoms with van der Waals surface area (Å²) in [7, 11) is 1.78. The third kappa shape index (κ3) is 4.78. The van der Waals surface area contributed by atoms with Gasteiger partial charge in [-0.25, -0.2) is 4.79 Å². The third-order valence-electron chi connectivity index (χ3n) is 4.88. The number of esters is 1. The van der Waals surface area contributed by atoms with E-state index >= 15 is 0 Å². The zero-order chi connectivity index (χ0) is 23.4. The van der Waals surface area contributed by atoms with Crippen molar-refractivity contribution in [3.05, 3.63) is 58.6 Å². The van der Waals surface area contributed by atoms with E-state index in [0.29, 0.717) is 22.2 Å². The van der Waals surface area contributed by atoms with E-state index in [2.05, 4.69) is 5.16 Å². The molecule has 0 bridgehead atoms. The molecule has 0 saturated carbocycles. The fraction of sp³-hybridized carbons (Fsp3) is 0.217. The molecule has 2 aromatic rings. The van der Waals surface area contributed by atoms with Crippen molar-refractivity contribution < 1.29 is 28.6 Å². The van der Waals surface area contributed by atoms with Crippen LogP contribution in [0.1, 0.15) is 12.5 Å². The molecule has 0 aliphatic carbocycles. The van der Waals surface area contributed by atoms with Crippen molar-refractivity contribution in [3.63, 3.8) is 0 Å². The summed E-state index contributed by atoms with van der Waals surface area (Å²) in [6.07, 6.45) is 0. The normalized spacial score (nSPS) is 15.5. The largest absolute Gasteiger partial charge is 0.455 e. The van der Waals surface area contributed by atoms with Gasteiger partial charge in [0.15, 0.2) is 18.1 Å². The minimum atomic E-state index is -0.774. The molecule has 0 unspecified atom stereocenters. The molecule has 0 fully saturated rings. The molecule has 0 spiro atoms. The van der Waals surface area contributed by atoms with Crippen LogP contribution in [0.3, 0.4) is 0 Å². The van der Waals surface area contributed by atoms with Crippen LogP contribution in [0.5, 0.6) is 11.5 Å². The second kappa shape index (κ2) is 9.67. The topological polar surface area (TPSA) is 110 Å². The molecule has 0 atom stereocenters. The fourth-order valence-corrected chi connectivity index (χ4v) is 4.33. The molecule has 0 amide bonds. The Morgan fingerprint density at radius 3 is 2.76 bits per heavy atom. The number of carbonyl (C=O) groups excluding carboxylic acids is 2. The molecular formula is C23H19N3O6S. The minimum Gasteiger partial charge on any atom is -0.455 e. The van der Waals surface area contributed by atoms with Gasteiger partial charge in [0.05, 0.1) is 11.4 Å². The van der Waals surface area contributed by atoms with Crippen molar-refractivity contribution in [2.24, 2.45) is 5.16 Å². The molecular weight excluding hydrogens is 446 g/mol. The van der Waals surface area contributed by atoms with Crippen LogP contribution in [0, 0.1) is 11.3 Å². The van der Waals surface area contributed by atoms with E-state index in [-0.39, 0.29) is 12.4 Å². The van der Waals surface area contributed by atoms with E-state index in [4.69, 9.17) is 19.0 Å². The second-order valence-electron chi connectivity index (χ2n) is 7.02. The van der Waals surface area contributed by atoms with Gasteiger partial charge in [-0.2, -0.15) is 5.26 Å². The van der Waals surface area contributed by atoms with E-state index in [9.17, 15) is 14.9 Å². The van der Waals surface area contributed by atoms with Crippen molar-refractivity contribution >= 4 is 34.9 Å². The number of rotatable bonds is 7. The van der Waals surface area contributed by atoms with E-state index in [1.54, 1.807) is 37.1 Å². The quantitative estimate of drug-likeness (QED) is 0.200. The van der Waals surface area contributed by atoms with Gasteiger partial charge in [-0.15, -0.1) is 0 Å². The number of Topliss-reactive ketones (excluding diaryl/α,β-unsaturated/α-hetero) is 1. The molecule has 0 aromatic heterocycles. The van der Waals surface area contributed by atoms with Gasteiger partial charge in [0.1, 0.15) is 16.7 Å². The molecule has 2 heterocycles. The Hall–Kier alpha value is -3.97. The fourth-order valence-electron chi connectivity index (χ4n) is 3.17. The summed E-state index contributed by atoms with van der Waals surface area (Å²) >= 11 is 1.32. The molecule has 4 rings (SSSR count). The first-order chi connectivity index (χ1) is 16.0. The van der Waals surface area contributed by atoms with E-state index in [0.717, 1.165) is 16.1 Å². The monoisotopic (exact) mass is 465 g/mol. The third-order valence-corrected chi connectivity index (χ3v) is 6.12. The maximum absolute atomic E-state index is 12.5. The minimum absolute atomic E-state index is 0.0657. The molecule has 2 aliphatic rings. The lowest BCUT2D eigenvalue weighted by atomic mass is 10.1. The molecule has 10 heteroatoms. The molecule has 2 aliphatic heterocycles. The van der Waals surface area contributed by atoms with E-state index in [1.807, 2.05) is 30.3 Å². The predicted molar refractivity (Wildman–Crippen MR) is 120 cm³/mol. The van der Waals surface area contributed by atoms with Crippen LogP contribution >= 0.6 is 11.8 Å². The van der Waals surface area contributed by atoms with Crippen LogP contribution < -0.4 is 14.4 Å². The smallest absolute Gasteiger partial charge is 0.347 e. The summed E-state index contributed by atoms with van der Waals surface area (Å²) < 4.78 is 15.6. The summed E-state index contributed by atoms with van der Waals surface area (Å²) in [5, 5.41) is 13.9. The van der Waals surface area contributed by atoms with Crippen LogP contribution in [0.25, 0.3) is 0 Å². The number of anilines is 1. The maximum Gasteiger partial charge on any atom is 0.347 e. The number of fused-ring (bicyclic) bond motifs is 2. The van der Waals surface area contributed by atoms with E-state index < -0.39 is 25.0 Å². The average Bonchev–Trinajstić information content (AvgIpc) is 3.42. The second-order valence-corrected chi connectivity index (χ2v) is 8.05. The van der Waals surface area contributed by atoms with Gasteiger partial charge in [-0.3, -0.25) is 4.79 Å². The average molecular weight is 465 g/mol. The molecule has 0 N–H and O–H groups in total. The van der Waals surface area contributed by atoms with Crippen LogP contribution in [0.4, 0.5) is 5.69 Å². The molecule has 168 valence electrons. The first-order valence-electron chi connectivity index (χ1n) is 9.88. The Kier molecular flexibility index (Phi) is 6.51. The maximum atomic E-state index is 12.5. The Bertz CT molecular complexity index is 1220. The highest BCUT2D eigenvalue weighted by Crippen LogP contribution is 2.46. The standard InChI is InChI=1S/C23H19N3O6S/c1-14(15-7-8-19-20(9-15)31-13-30-19)25-32-12-22(28)29-11-18(27)16(10-24)23-26(2)17-5-3-4-6-21(17)33-23/h3-9H,11-13H2,1-2H3/b23-16-,25-14+. The summed E-state index contributed by atoms with van der Waals surface area (Å²) in [5.41, 5.74) is 2.10. The highest BCUT2D eigenvalue weighted by molar-refractivity contribution is 8.03. The van der Waals surface area contributed by atoms with Gasteiger partial charge >= 0.3 is 5.97 Å². The van der Waals surface area contributed by atoms with Crippen molar-refractivity contribution in [2.75, 3.05) is 32.0 Å².